The second-order valence-corrected chi connectivity index (χ2v) is 6.91. The first-order valence-electron chi connectivity index (χ1n) is 6.91. The topological polar surface area (TPSA) is 75.6 Å². The number of rotatable bonds is 4. The maximum atomic E-state index is 11.9. The van der Waals surface area contributed by atoms with Crippen LogP contribution in [-0.2, 0) is 9.53 Å². The van der Waals surface area contributed by atoms with E-state index >= 15 is 0 Å². The van der Waals surface area contributed by atoms with Crippen LogP contribution in [0.15, 0.2) is 0 Å². The van der Waals surface area contributed by atoms with Crippen molar-refractivity contribution in [1.82, 2.24) is 5.32 Å². The molecule has 2 rings (SSSR count). The van der Waals surface area contributed by atoms with Gasteiger partial charge in [0.05, 0.1) is 6.42 Å². The number of hydrogen-bond donors (Lipinski definition) is 2. The van der Waals surface area contributed by atoms with Gasteiger partial charge in [-0.3, -0.25) is 4.79 Å². The number of nitrogens with one attached hydrogen (secondary N) is 1. The minimum atomic E-state index is -0.783. The minimum absolute atomic E-state index is 0.142. The summed E-state index contributed by atoms with van der Waals surface area (Å²) in [5.41, 5.74) is -1.12. The number of aliphatic carboxylic acids is 1. The molecule has 2 aliphatic rings. The Balaban J connectivity index is 2.03. The summed E-state index contributed by atoms with van der Waals surface area (Å²) in [5, 5.41) is 12.0. The molecule has 1 amide bonds. The Hall–Kier alpha value is -1.26. The molecule has 0 aromatic heterocycles. The SMILES string of the molecule is CC(C)(C)OC(=O)NC1(C2(CC(=O)O)CC2)CCC1. The Morgan fingerprint density at radius 1 is 1.21 bits per heavy atom. The molecule has 0 radical (unpaired) electrons. The zero-order chi connectivity index (χ0) is 14.3. The van der Waals surface area contributed by atoms with E-state index < -0.39 is 17.7 Å². The second kappa shape index (κ2) is 4.39. The van der Waals surface area contributed by atoms with Gasteiger partial charge in [0.15, 0.2) is 0 Å². The fourth-order valence-electron chi connectivity index (χ4n) is 3.08. The molecule has 2 N–H and O–H groups in total. The average Bonchev–Trinajstić information content (AvgIpc) is 2.88. The molecule has 0 aliphatic heterocycles. The van der Waals surface area contributed by atoms with Crippen molar-refractivity contribution in [3.63, 3.8) is 0 Å². The zero-order valence-electron chi connectivity index (χ0n) is 11.9. The highest BCUT2D eigenvalue weighted by atomic mass is 16.6. The maximum Gasteiger partial charge on any atom is 0.408 e. The highest BCUT2D eigenvalue weighted by molar-refractivity contribution is 5.71. The summed E-state index contributed by atoms with van der Waals surface area (Å²) in [6.07, 6.45) is 4.24. The molecule has 5 heteroatoms. The highest BCUT2D eigenvalue weighted by Gasteiger charge is 2.63. The van der Waals surface area contributed by atoms with Crippen LogP contribution < -0.4 is 5.32 Å². The first-order chi connectivity index (χ1) is 8.68. The smallest absolute Gasteiger partial charge is 0.408 e. The van der Waals surface area contributed by atoms with Crippen LogP contribution in [-0.4, -0.2) is 28.3 Å². The number of carbonyl (C=O) groups excluding carboxylic acids is 1. The van der Waals surface area contributed by atoms with Crippen LogP contribution in [0.5, 0.6) is 0 Å². The zero-order valence-corrected chi connectivity index (χ0v) is 11.9. The summed E-state index contributed by atoms with van der Waals surface area (Å²) in [6, 6.07) is 0. The number of hydrogen-bond acceptors (Lipinski definition) is 3. The van der Waals surface area contributed by atoms with E-state index in [2.05, 4.69) is 5.32 Å². The predicted molar refractivity (Wildman–Crippen MR) is 69.9 cm³/mol. The van der Waals surface area contributed by atoms with E-state index in [1.54, 1.807) is 0 Å². The summed E-state index contributed by atoms with van der Waals surface area (Å²) in [7, 11) is 0. The Morgan fingerprint density at radius 2 is 1.79 bits per heavy atom. The van der Waals surface area contributed by atoms with Crippen LogP contribution in [0.2, 0.25) is 0 Å². The summed E-state index contributed by atoms with van der Waals surface area (Å²) in [4.78, 5) is 23.0. The van der Waals surface area contributed by atoms with Gasteiger partial charge in [-0.1, -0.05) is 0 Å². The molecule has 19 heavy (non-hydrogen) atoms. The molecule has 2 aliphatic carbocycles. The fourth-order valence-corrected chi connectivity index (χ4v) is 3.08. The molecule has 0 spiro atoms. The summed E-state index contributed by atoms with van der Waals surface area (Å²) in [6.45, 7) is 5.47. The lowest BCUT2D eigenvalue weighted by Gasteiger charge is -2.48. The third kappa shape index (κ3) is 2.85. The number of ether oxygens (including phenoxy) is 1. The normalized spacial score (nSPS) is 23.1. The highest BCUT2D eigenvalue weighted by Crippen LogP contribution is 2.63. The summed E-state index contributed by atoms with van der Waals surface area (Å²) in [5.74, 6) is -0.783. The van der Waals surface area contributed by atoms with Crippen molar-refractivity contribution in [2.45, 2.75) is 70.4 Å². The van der Waals surface area contributed by atoms with E-state index in [-0.39, 0.29) is 17.4 Å². The molecule has 0 aromatic carbocycles. The van der Waals surface area contributed by atoms with Crippen molar-refractivity contribution in [2.24, 2.45) is 5.41 Å². The Bertz CT molecular complexity index is 389. The lowest BCUT2D eigenvalue weighted by Crippen LogP contribution is -2.60. The van der Waals surface area contributed by atoms with Gasteiger partial charge in [-0.15, -0.1) is 0 Å². The van der Waals surface area contributed by atoms with Crippen LogP contribution in [0, 0.1) is 5.41 Å². The van der Waals surface area contributed by atoms with Crippen molar-refractivity contribution in [3.05, 3.63) is 0 Å². The maximum absolute atomic E-state index is 11.9. The Labute approximate surface area is 113 Å². The lowest BCUT2D eigenvalue weighted by atomic mass is 9.64. The van der Waals surface area contributed by atoms with Gasteiger partial charge in [0, 0.05) is 11.0 Å². The fraction of sp³-hybridized carbons (Fsp3) is 0.857. The summed E-state index contributed by atoms with van der Waals surface area (Å²) < 4.78 is 5.30. The monoisotopic (exact) mass is 269 g/mol. The van der Waals surface area contributed by atoms with Crippen molar-refractivity contribution < 1.29 is 19.4 Å². The van der Waals surface area contributed by atoms with Gasteiger partial charge < -0.3 is 15.2 Å². The third-order valence-electron chi connectivity index (χ3n) is 4.31. The molecule has 0 bridgehead atoms. The molecule has 2 fully saturated rings. The van der Waals surface area contributed by atoms with Gasteiger partial charge in [0.2, 0.25) is 0 Å². The van der Waals surface area contributed by atoms with Crippen molar-refractivity contribution in [3.8, 4) is 0 Å². The first kappa shape index (κ1) is 14.2. The van der Waals surface area contributed by atoms with E-state index in [0.717, 1.165) is 32.1 Å². The molecule has 0 aromatic rings. The van der Waals surface area contributed by atoms with Crippen molar-refractivity contribution >= 4 is 12.1 Å². The van der Waals surface area contributed by atoms with E-state index in [0.29, 0.717) is 0 Å². The van der Waals surface area contributed by atoms with E-state index in [4.69, 9.17) is 9.84 Å². The standard InChI is InChI=1S/C14H23NO4/c1-12(2,3)19-11(18)15-14(5-4-6-14)13(7-8-13)9-10(16)17/h4-9H2,1-3H3,(H,15,18)(H,16,17). The largest absolute Gasteiger partial charge is 0.481 e. The number of carbonyl (C=O) groups is 2. The van der Waals surface area contributed by atoms with Gasteiger partial charge in [0.1, 0.15) is 5.60 Å². The van der Waals surface area contributed by atoms with Crippen LogP contribution in [0.25, 0.3) is 0 Å². The summed E-state index contributed by atoms with van der Waals surface area (Å²) >= 11 is 0. The molecular weight excluding hydrogens is 246 g/mol. The molecule has 2 saturated carbocycles. The van der Waals surface area contributed by atoms with E-state index in [9.17, 15) is 9.59 Å². The number of alkyl carbamates (subject to hydrolysis) is 1. The van der Waals surface area contributed by atoms with Crippen LogP contribution >= 0.6 is 0 Å². The van der Waals surface area contributed by atoms with Gasteiger partial charge in [0.25, 0.3) is 0 Å². The van der Waals surface area contributed by atoms with Crippen LogP contribution in [0.1, 0.15) is 59.3 Å². The molecule has 0 saturated heterocycles. The molecule has 108 valence electrons. The number of amides is 1. The molecule has 0 heterocycles. The van der Waals surface area contributed by atoms with Gasteiger partial charge >= 0.3 is 12.1 Å². The molecule has 0 atom stereocenters. The van der Waals surface area contributed by atoms with Gasteiger partial charge in [-0.25, -0.2) is 4.79 Å². The Morgan fingerprint density at radius 3 is 2.11 bits per heavy atom. The predicted octanol–water partition coefficient (Wildman–Crippen LogP) is 2.69. The molecular formula is C14H23NO4. The van der Waals surface area contributed by atoms with Crippen molar-refractivity contribution in [1.29, 1.82) is 0 Å². The average molecular weight is 269 g/mol. The second-order valence-electron chi connectivity index (χ2n) is 6.91. The molecule has 0 unspecified atom stereocenters. The number of carboxylic acids is 1. The lowest BCUT2D eigenvalue weighted by molar-refractivity contribution is -0.140. The Kier molecular flexibility index (Phi) is 3.27. The van der Waals surface area contributed by atoms with Gasteiger partial charge in [-0.2, -0.15) is 0 Å². The van der Waals surface area contributed by atoms with Crippen LogP contribution in [0.3, 0.4) is 0 Å². The number of carboxylic acid groups (broad SMARTS) is 1. The van der Waals surface area contributed by atoms with Crippen LogP contribution in [0.4, 0.5) is 4.79 Å². The van der Waals surface area contributed by atoms with Crippen molar-refractivity contribution in [2.75, 3.05) is 0 Å². The van der Waals surface area contributed by atoms with E-state index in [1.807, 2.05) is 20.8 Å². The quantitative estimate of drug-likeness (QED) is 0.822. The third-order valence-corrected chi connectivity index (χ3v) is 4.31. The van der Waals surface area contributed by atoms with E-state index in [1.165, 1.54) is 0 Å². The first-order valence-corrected chi connectivity index (χ1v) is 6.91. The van der Waals surface area contributed by atoms with Gasteiger partial charge in [-0.05, 0) is 52.9 Å². The molecule has 5 nitrogen and oxygen atoms in total. The minimum Gasteiger partial charge on any atom is -0.481 e.